The lowest BCUT2D eigenvalue weighted by Crippen LogP contribution is -2.42. The number of likely N-dealkylation sites (N-methyl/N-ethyl adjacent to an activating group) is 1. The van der Waals surface area contributed by atoms with Crippen LogP contribution in [-0.4, -0.2) is 75.4 Å². The molecule has 4 heteroatoms. The molecule has 0 spiro atoms. The molecule has 0 amide bonds. The quantitative estimate of drug-likeness (QED) is 0.495. The van der Waals surface area contributed by atoms with Crippen molar-refractivity contribution in [2.24, 2.45) is 0 Å². The minimum Gasteiger partial charge on any atom is -0.383 e. The summed E-state index contributed by atoms with van der Waals surface area (Å²) in [4.78, 5) is 5.02. The summed E-state index contributed by atoms with van der Waals surface area (Å²) in [7, 11) is 1.79. The van der Waals surface area contributed by atoms with Crippen LogP contribution < -0.4 is 5.32 Å². The molecule has 122 valence electrons. The molecule has 0 aromatic carbocycles. The first-order valence-electron chi connectivity index (χ1n) is 8.39. The second-order valence-corrected chi connectivity index (χ2v) is 5.28. The van der Waals surface area contributed by atoms with E-state index >= 15 is 0 Å². The highest BCUT2D eigenvalue weighted by molar-refractivity contribution is 4.70. The summed E-state index contributed by atoms with van der Waals surface area (Å²) in [5.41, 5.74) is 0. The summed E-state index contributed by atoms with van der Waals surface area (Å²) >= 11 is 0. The van der Waals surface area contributed by atoms with Gasteiger partial charge in [-0.3, -0.25) is 4.90 Å². The van der Waals surface area contributed by atoms with Crippen LogP contribution in [0.3, 0.4) is 0 Å². The average Bonchev–Trinajstić information content (AvgIpc) is 2.48. The maximum absolute atomic E-state index is 5.23. The number of nitrogens with one attached hydrogen (secondary N) is 1. The molecular weight excluding hydrogens is 250 g/mol. The lowest BCUT2D eigenvalue weighted by atomic mass is 10.1. The van der Waals surface area contributed by atoms with Crippen molar-refractivity contribution in [2.45, 2.75) is 46.6 Å². The van der Waals surface area contributed by atoms with Crippen LogP contribution in [0.1, 0.15) is 40.5 Å². The first kappa shape index (κ1) is 19.8. The first-order chi connectivity index (χ1) is 9.73. The second-order valence-electron chi connectivity index (χ2n) is 5.28. The molecule has 0 saturated heterocycles. The van der Waals surface area contributed by atoms with Crippen molar-refractivity contribution in [3.05, 3.63) is 0 Å². The van der Waals surface area contributed by atoms with Crippen molar-refractivity contribution in [2.75, 3.05) is 59.5 Å². The summed E-state index contributed by atoms with van der Waals surface area (Å²) < 4.78 is 5.23. The average molecular weight is 287 g/mol. The Kier molecular flexibility index (Phi) is 13.7. The van der Waals surface area contributed by atoms with E-state index in [1.807, 2.05) is 0 Å². The SMILES string of the molecule is CCC(CC)N(CCNCCN(CC)CC)CCOC. The van der Waals surface area contributed by atoms with E-state index in [2.05, 4.69) is 42.8 Å². The second kappa shape index (κ2) is 13.8. The largest absolute Gasteiger partial charge is 0.383 e. The van der Waals surface area contributed by atoms with Gasteiger partial charge in [-0.25, -0.2) is 0 Å². The lowest BCUT2D eigenvalue weighted by Gasteiger charge is -2.30. The highest BCUT2D eigenvalue weighted by Crippen LogP contribution is 2.07. The van der Waals surface area contributed by atoms with Gasteiger partial charge in [0.05, 0.1) is 6.61 Å². The molecule has 0 aromatic heterocycles. The maximum Gasteiger partial charge on any atom is 0.0589 e. The zero-order valence-corrected chi connectivity index (χ0v) is 14.5. The monoisotopic (exact) mass is 287 g/mol. The molecule has 1 N–H and O–H groups in total. The molecule has 0 radical (unpaired) electrons. The fourth-order valence-electron chi connectivity index (χ4n) is 2.62. The Bertz CT molecular complexity index is 194. The van der Waals surface area contributed by atoms with Gasteiger partial charge in [0.15, 0.2) is 0 Å². The van der Waals surface area contributed by atoms with Crippen molar-refractivity contribution in [1.82, 2.24) is 15.1 Å². The topological polar surface area (TPSA) is 27.7 Å². The molecule has 0 heterocycles. The molecule has 0 aromatic rings. The van der Waals surface area contributed by atoms with E-state index < -0.39 is 0 Å². The Hall–Kier alpha value is -0.160. The number of hydrogen-bond donors (Lipinski definition) is 1. The fourth-order valence-corrected chi connectivity index (χ4v) is 2.62. The van der Waals surface area contributed by atoms with E-state index in [9.17, 15) is 0 Å². The van der Waals surface area contributed by atoms with Crippen molar-refractivity contribution in [3.8, 4) is 0 Å². The van der Waals surface area contributed by atoms with Crippen molar-refractivity contribution in [1.29, 1.82) is 0 Å². The van der Waals surface area contributed by atoms with E-state index in [-0.39, 0.29) is 0 Å². The number of methoxy groups -OCH3 is 1. The molecular formula is C16H37N3O. The van der Waals surface area contributed by atoms with Crippen LogP contribution >= 0.6 is 0 Å². The highest BCUT2D eigenvalue weighted by atomic mass is 16.5. The minimum absolute atomic E-state index is 0.690. The van der Waals surface area contributed by atoms with E-state index in [1.165, 1.54) is 12.8 Å². The van der Waals surface area contributed by atoms with Crippen LogP contribution in [0.4, 0.5) is 0 Å². The van der Waals surface area contributed by atoms with Gasteiger partial charge in [-0.05, 0) is 25.9 Å². The molecule has 0 bridgehead atoms. The maximum atomic E-state index is 5.23. The lowest BCUT2D eigenvalue weighted by molar-refractivity contribution is 0.115. The summed E-state index contributed by atoms with van der Waals surface area (Å²) in [5, 5.41) is 3.57. The minimum atomic E-state index is 0.690. The van der Waals surface area contributed by atoms with Gasteiger partial charge in [-0.2, -0.15) is 0 Å². The van der Waals surface area contributed by atoms with Gasteiger partial charge in [-0.15, -0.1) is 0 Å². The van der Waals surface area contributed by atoms with Crippen LogP contribution in [0.2, 0.25) is 0 Å². The van der Waals surface area contributed by atoms with E-state index in [0.29, 0.717) is 6.04 Å². The van der Waals surface area contributed by atoms with Gasteiger partial charge in [0, 0.05) is 45.9 Å². The van der Waals surface area contributed by atoms with E-state index in [1.54, 1.807) is 7.11 Å². The smallest absolute Gasteiger partial charge is 0.0589 e. The van der Waals surface area contributed by atoms with Crippen molar-refractivity contribution >= 4 is 0 Å². The van der Waals surface area contributed by atoms with Gasteiger partial charge < -0.3 is 15.0 Å². The molecule has 20 heavy (non-hydrogen) atoms. The van der Waals surface area contributed by atoms with Gasteiger partial charge in [0.1, 0.15) is 0 Å². The fraction of sp³-hybridized carbons (Fsp3) is 1.00. The van der Waals surface area contributed by atoms with Crippen LogP contribution in [-0.2, 0) is 4.74 Å². The number of hydrogen-bond acceptors (Lipinski definition) is 4. The third kappa shape index (κ3) is 8.90. The predicted molar refractivity (Wildman–Crippen MR) is 88.5 cm³/mol. The summed E-state index contributed by atoms with van der Waals surface area (Å²) in [6.07, 6.45) is 2.44. The molecule has 0 saturated carbocycles. The van der Waals surface area contributed by atoms with Gasteiger partial charge >= 0.3 is 0 Å². The molecule has 0 aliphatic rings. The van der Waals surface area contributed by atoms with Crippen LogP contribution in [0.5, 0.6) is 0 Å². The zero-order valence-electron chi connectivity index (χ0n) is 14.5. The predicted octanol–water partition coefficient (Wildman–Crippen LogP) is 2.05. The molecule has 4 nitrogen and oxygen atoms in total. The molecule has 0 fully saturated rings. The molecule has 0 aliphatic carbocycles. The Balaban J connectivity index is 3.88. The summed E-state index contributed by atoms with van der Waals surface area (Å²) in [6.45, 7) is 17.6. The number of ether oxygens (including phenoxy) is 1. The Morgan fingerprint density at radius 3 is 2.00 bits per heavy atom. The third-order valence-corrected chi connectivity index (χ3v) is 4.12. The molecule has 0 rings (SSSR count). The number of rotatable bonds is 14. The van der Waals surface area contributed by atoms with E-state index in [4.69, 9.17) is 4.74 Å². The van der Waals surface area contributed by atoms with Crippen LogP contribution in [0.25, 0.3) is 0 Å². The highest BCUT2D eigenvalue weighted by Gasteiger charge is 2.13. The molecule has 0 atom stereocenters. The van der Waals surface area contributed by atoms with Crippen molar-refractivity contribution in [3.63, 3.8) is 0 Å². The first-order valence-corrected chi connectivity index (χ1v) is 8.39. The Morgan fingerprint density at radius 1 is 0.900 bits per heavy atom. The molecule has 0 unspecified atom stereocenters. The third-order valence-electron chi connectivity index (χ3n) is 4.12. The summed E-state index contributed by atoms with van der Waals surface area (Å²) in [6, 6.07) is 0.690. The Labute approximate surface area is 126 Å². The zero-order chi connectivity index (χ0) is 15.2. The Morgan fingerprint density at radius 2 is 1.50 bits per heavy atom. The van der Waals surface area contributed by atoms with Gasteiger partial charge in [0.25, 0.3) is 0 Å². The van der Waals surface area contributed by atoms with Crippen LogP contribution in [0, 0.1) is 0 Å². The van der Waals surface area contributed by atoms with Crippen molar-refractivity contribution < 1.29 is 4.74 Å². The van der Waals surface area contributed by atoms with E-state index in [0.717, 1.165) is 52.4 Å². The summed E-state index contributed by atoms with van der Waals surface area (Å²) in [5.74, 6) is 0. The number of nitrogens with zero attached hydrogens (tertiary/aromatic N) is 2. The van der Waals surface area contributed by atoms with Crippen LogP contribution in [0.15, 0.2) is 0 Å². The normalized spacial score (nSPS) is 12.0. The molecule has 0 aliphatic heterocycles. The van der Waals surface area contributed by atoms with Gasteiger partial charge in [-0.1, -0.05) is 27.7 Å². The standard InChI is InChI=1S/C16H37N3O/c1-6-16(7-2)19(14-15-20-5)13-11-17-10-12-18(8-3)9-4/h16-17H,6-15H2,1-5H3. The van der Waals surface area contributed by atoms with Gasteiger partial charge in [0.2, 0.25) is 0 Å².